The number of amides is 2. The lowest BCUT2D eigenvalue weighted by molar-refractivity contribution is 0.0546. The average molecular weight is 320 g/mol. The number of nitrogens with one attached hydrogen (secondary N) is 2. The zero-order valence-corrected chi connectivity index (χ0v) is 13.5. The largest absolute Gasteiger partial charge is 0.381 e. The fourth-order valence-electron chi connectivity index (χ4n) is 3.90. The molecule has 7 heteroatoms. The van der Waals surface area contributed by atoms with Gasteiger partial charge in [0.15, 0.2) is 0 Å². The van der Waals surface area contributed by atoms with E-state index in [0.717, 1.165) is 44.5 Å². The molecule has 7 nitrogen and oxygen atoms in total. The minimum atomic E-state index is -0.106. The van der Waals surface area contributed by atoms with E-state index >= 15 is 0 Å². The van der Waals surface area contributed by atoms with Crippen LogP contribution >= 0.6 is 0 Å². The summed E-state index contributed by atoms with van der Waals surface area (Å²) in [5.41, 5.74) is 1.31. The molecule has 3 atom stereocenters. The van der Waals surface area contributed by atoms with Gasteiger partial charge in [-0.2, -0.15) is 5.10 Å². The second kappa shape index (κ2) is 5.79. The lowest BCUT2D eigenvalue weighted by Crippen LogP contribution is -2.45. The summed E-state index contributed by atoms with van der Waals surface area (Å²) in [6.45, 7) is 2.30. The van der Waals surface area contributed by atoms with Crippen LogP contribution in [0, 0.1) is 5.41 Å². The summed E-state index contributed by atoms with van der Waals surface area (Å²) in [6.07, 6.45) is 7.67. The van der Waals surface area contributed by atoms with Gasteiger partial charge in [-0.25, -0.2) is 4.79 Å². The van der Waals surface area contributed by atoms with Gasteiger partial charge >= 0.3 is 6.03 Å². The summed E-state index contributed by atoms with van der Waals surface area (Å²) in [4.78, 5) is 12.3. The predicted molar refractivity (Wildman–Crippen MR) is 82.9 cm³/mol. The maximum absolute atomic E-state index is 12.3. The van der Waals surface area contributed by atoms with E-state index in [-0.39, 0.29) is 18.2 Å². The van der Waals surface area contributed by atoms with Crippen LogP contribution in [0.3, 0.4) is 0 Å². The van der Waals surface area contributed by atoms with E-state index in [2.05, 4.69) is 15.7 Å². The Morgan fingerprint density at radius 2 is 2.17 bits per heavy atom. The van der Waals surface area contributed by atoms with Crippen molar-refractivity contribution in [2.45, 2.75) is 43.9 Å². The van der Waals surface area contributed by atoms with Crippen LogP contribution in [-0.2, 0) is 16.5 Å². The molecule has 2 aliphatic heterocycles. The number of aryl methyl sites for hydroxylation is 1. The number of carbonyl (C=O) groups excluding carboxylic acids is 1. The maximum Gasteiger partial charge on any atom is 0.315 e. The molecule has 23 heavy (non-hydrogen) atoms. The van der Waals surface area contributed by atoms with Gasteiger partial charge < -0.3 is 20.1 Å². The molecule has 0 radical (unpaired) electrons. The zero-order chi connectivity index (χ0) is 15.9. The first kappa shape index (κ1) is 15.0. The monoisotopic (exact) mass is 320 g/mol. The van der Waals surface area contributed by atoms with Crippen LogP contribution in [-0.4, -0.2) is 47.7 Å². The Balaban J connectivity index is 1.32. The Labute approximate surface area is 135 Å². The van der Waals surface area contributed by atoms with Crippen molar-refractivity contribution in [3.63, 3.8) is 0 Å². The van der Waals surface area contributed by atoms with Crippen molar-refractivity contribution in [3.8, 4) is 0 Å². The van der Waals surface area contributed by atoms with Crippen molar-refractivity contribution in [1.29, 1.82) is 0 Å². The molecular formula is C16H24N4O3. The van der Waals surface area contributed by atoms with Crippen LogP contribution < -0.4 is 10.6 Å². The van der Waals surface area contributed by atoms with E-state index < -0.39 is 0 Å². The molecule has 126 valence electrons. The Kier molecular flexibility index (Phi) is 3.77. The topological polar surface area (TPSA) is 77.4 Å². The number of carbonyl (C=O) groups is 1. The summed E-state index contributed by atoms with van der Waals surface area (Å²) in [5.74, 6) is 0. The quantitative estimate of drug-likeness (QED) is 0.875. The summed E-state index contributed by atoms with van der Waals surface area (Å²) in [6, 6.07) is 0.219. The molecule has 3 heterocycles. The smallest absolute Gasteiger partial charge is 0.315 e. The van der Waals surface area contributed by atoms with Crippen molar-refractivity contribution in [2.24, 2.45) is 12.5 Å². The van der Waals surface area contributed by atoms with Crippen LogP contribution in [0.15, 0.2) is 12.4 Å². The predicted octanol–water partition coefficient (Wildman–Crippen LogP) is 1.12. The molecule has 1 spiro atoms. The normalized spacial score (nSPS) is 32.0. The number of ether oxygens (including phenoxy) is 2. The zero-order valence-electron chi connectivity index (χ0n) is 13.5. The number of hydrogen-bond acceptors (Lipinski definition) is 4. The van der Waals surface area contributed by atoms with Gasteiger partial charge in [0.2, 0.25) is 0 Å². The molecule has 4 rings (SSSR count). The lowest BCUT2D eigenvalue weighted by atomic mass is 9.96. The second-order valence-electron chi connectivity index (χ2n) is 6.98. The van der Waals surface area contributed by atoms with Crippen molar-refractivity contribution < 1.29 is 14.3 Å². The SMILES string of the molecule is Cn1cc([C@@H]2OCC[C@H]2NC(=O)NC2CC23CCOCC3)cn1. The molecule has 0 bridgehead atoms. The lowest BCUT2D eigenvalue weighted by Gasteiger charge is -2.24. The van der Waals surface area contributed by atoms with Crippen molar-refractivity contribution in [3.05, 3.63) is 18.0 Å². The number of urea groups is 1. The van der Waals surface area contributed by atoms with Gasteiger partial charge in [0.25, 0.3) is 0 Å². The average Bonchev–Trinajstić information content (AvgIpc) is 2.92. The molecule has 2 N–H and O–H groups in total. The molecule has 1 aromatic heterocycles. The van der Waals surface area contributed by atoms with Crippen LogP contribution in [0.25, 0.3) is 0 Å². The van der Waals surface area contributed by atoms with E-state index in [1.807, 2.05) is 13.2 Å². The highest BCUT2D eigenvalue weighted by Gasteiger charge is 2.55. The van der Waals surface area contributed by atoms with Crippen LogP contribution in [0.2, 0.25) is 0 Å². The first-order valence-corrected chi connectivity index (χ1v) is 8.41. The number of nitrogens with zero attached hydrogens (tertiary/aromatic N) is 2. The molecule has 1 saturated carbocycles. The highest BCUT2D eigenvalue weighted by atomic mass is 16.5. The molecular weight excluding hydrogens is 296 g/mol. The van der Waals surface area contributed by atoms with Crippen LogP contribution in [0.1, 0.15) is 37.4 Å². The molecule has 3 aliphatic rings. The number of rotatable bonds is 3. The van der Waals surface area contributed by atoms with Gasteiger partial charge in [-0.05, 0) is 31.1 Å². The number of hydrogen-bond donors (Lipinski definition) is 2. The second-order valence-corrected chi connectivity index (χ2v) is 6.98. The highest BCUT2D eigenvalue weighted by Crippen LogP contribution is 2.53. The first-order valence-electron chi connectivity index (χ1n) is 8.41. The Hall–Kier alpha value is -1.60. The fraction of sp³-hybridized carbons (Fsp3) is 0.750. The van der Waals surface area contributed by atoms with Gasteiger partial charge in [-0.3, -0.25) is 4.68 Å². The van der Waals surface area contributed by atoms with E-state index in [1.165, 1.54) is 0 Å². The van der Waals surface area contributed by atoms with Gasteiger partial charge in [-0.1, -0.05) is 0 Å². The van der Waals surface area contributed by atoms with E-state index in [0.29, 0.717) is 18.1 Å². The van der Waals surface area contributed by atoms with E-state index in [1.54, 1.807) is 10.9 Å². The molecule has 1 aromatic rings. The van der Waals surface area contributed by atoms with E-state index in [9.17, 15) is 4.79 Å². The fourth-order valence-corrected chi connectivity index (χ4v) is 3.90. The van der Waals surface area contributed by atoms with Crippen molar-refractivity contribution >= 4 is 6.03 Å². The van der Waals surface area contributed by atoms with E-state index in [4.69, 9.17) is 9.47 Å². The Morgan fingerprint density at radius 1 is 1.35 bits per heavy atom. The van der Waals surface area contributed by atoms with Crippen LogP contribution in [0.5, 0.6) is 0 Å². The first-order chi connectivity index (χ1) is 11.2. The third-order valence-corrected chi connectivity index (χ3v) is 5.45. The summed E-state index contributed by atoms with van der Waals surface area (Å²) in [5, 5.41) is 10.4. The third-order valence-electron chi connectivity index (χ3n) is 5.45. The standard InChI is InChI=1S/C16H24N4O3/c1-20-10-11(9-17-20)14-12(2-5-23-14)18-15(21)19-13-8-16(13)3-6-22-7-4-16/h9-10,12-14H,2-8H2,1H3,(H2,18,19,21)/t12-,13?,14+/m1/s1. The van der Waals surface area contributed by atoms with Gasteiger partial charge in [0.1, 0.15) is 6.10 Å². The minimum absolute atomic E-state index is 0.00332. The Morgan fingerprint density at radius 3 is 2.91 bits per heavy atom. The molecule has 1 aliphatic carbocycles. The van der Waals surface area contributed by atoms with Gasteiger partial charge in [0, 0.05) is 44.7 Å². The van der Waals surface area contributed by atoms with Crippen molar-refractivity contribution in [2.75, 3.05) is 19.8 Å². The maximum atomic E-state index is 12.3. The third kappa shape index (κ3) is 2.95. The van der Waals surface area contributed by atoms with Crippen LogP contribution in [0.4, 0.5) is 4.79 Å². The molecule has 3 fully saturated rings. The van der Waals surface area contributed by atoms with Crippen molar-refractivity contribution in [1.82, 2.24) is 20.4 Å². The minimum Gasteiger partial charge on any atom is -0.381 e. The molecule has 0 aromatic carbocycles. The highest BCUT2D eigenvalue weighted by molar-refractivity contribution is 5.75. The summed E-state index contributed by atoms with van der Waals surface area (Å²) >= 11 is 0. The molecule has 2 amide bonds. The Bertz CT molecular complexity index is 582. The summed E-state index contributed by atoms with van der Waals surface area (Å²) in [7, 11) is 1.88. The summed E-state index contributed by atoms with van der Waals surface area (Å²) < 4.78 is 13.0. The van der Waals surface area contributed by atoms with Gasteiger partial charge in [-0.15, -0.1) is 0 Å². The van der Waals surface area contributed by atoms with Gasteiger partial charge in [0.05, 0.1) is 12.2 Å². The molecule has 2 saturated heterocycles. The molecule has 1 unspecified atom stereocenters. The number of aromatic nitrogens is 2.